The number of thiazole rings is 1. The third-order valence-corrected chi connectivity index (χ3v) is 5.41. The third kappa shape index (κ3) is 3.59. The SMILES string of the molecule is Cc1[nH]n(-c2cccc(C(=O)O)c2)c(=O)c1C(C)N=Nc1nc2ccccc2s1. The second-order valence-electron chi connectivity index (χ2n) is 6.50. The number of hydrogen-bond donors (Lipinski definition) is 2. The molecule has 0 aliphatic carbocycles. The molecule has 4 rings (SSSR count). The number of carboxylic acid groups (broad SMARTS) is 1. The summed E-state index contributed by atoms with van der Waals surface area (Å²) in [6.45, 7) is 3.56. The zero-order valence-electron chi connectivity index (χ0n) is 15.7. The summed E-state index contributed by atoms with van der Waals surface area (Å²) in [5.74, 6) is -1.05. The summed E-state index contributed by atoms with van der Waals surface area (Å²) in [6, 6.07) is 13.4. The Labute approximate surface area is 169 Å². The molecule has 4 aromatic rings. The summed E-state index contributed by atoms with van der Waals surface area (Å²) in [4.78, 5) is 28.6. The molecule has 0 radical (unpaired) electrons. The lowest BCUT2D eigenvalue weighted by Crippen LogP contribution is -2.18. The van der Waals surface area contributed by atoms with Crippen LogP contribution >= 0.6 is 11.3 Å². The van der Waals surface area contributed by atoms with Crippen LogP contribution in [-0.2, 0) is 0 Å². The maximum absolute atomic E-state index is 12.9. The molecule has 0 saturated carbocycles. The molecule has 8 nitrogen and oxygen atoms in total. The van der Waals surface area contributed by atoms with Gasteiger partial charge in [0, 0.05) is 5.69 Å². The number of aromatic amines is 1. The van der Waals surface area contributed by atoms with Crippen molar-refractivity contribution in [3.8, 4) is 5.69 Å². The summed E-state index contributed by atoms with van der Waals surface area (Å²) in [5.41, 5.74) is 2.23. The molecule has 0 fully saturated rings. The Hall–Kier alpha value is -3.59. The molecular formula is C20H17N5O3S. The molecule has 2 heterocycles. The topological polar surface area (TPSA) is 113 Å². The van der Waals surface area contributed by atoms with Gasteiger partial charge in [-0.15, -0.1) is 5.11 Å². The van der Waals surface area contributed by atoms with Crippen LogP contribution in [0.3, 0.4) is 0 Å². The predicted octanol–water partition coefficient (Wildman–Crippen LogP) is 4.63. The fourth-order valence-electron chi connectivity index (χ4n) is 3.11. The number of rotatable bonds is 5. The van der Waals surface area contributed by atoms with Crippen molar-refractivity contribution in [3.05, 3.63) is 75.7 Å². The van der Waals surface area contributed by atoms with E-state index in [0.717, 1.165) is 10.2 Å². The van der Waals surface area contributed by atoms with Gasteiger partial charge in [-0.05, 0) is 44.2 Å². The monoisotopic (exact) mass is 407 g/mol. The zero-order valence-corrected chi connectivity index (χ0v) is 16.5. The highest BCUT2D eigenvalue weighted by atomic mass is 32.1. The van der Waals surface area contributed by atoms with Crippen LogP contribution in [0.2, 0.25) is 0 Å². The standard InChI is InChI=1S/C20H17N5O3S/c1-11(22-23-20-21-15-8-3-4-9-16(15)29-20)17-12(2)24-25(18(17)26)14-7-5-6-13(10-14)19(27)28/h3-11,24H,1-2H3,(H,27,28). The minimum Gasteiger partial charge on any atom is -0.478 e. The van der Waals surface area contributed by atoms with Gasteiger partial charge in [0.05, 0.1) is 27.0 Å². The van der Waals surface area contributed by atoms with Crippen molar-refractivity contribution >= 4 is 32.7 Å². The number of fused-ring (bicyclic) bond motifs is 1. The van der Waals surface area contributed by atoms with Gasteiger partial charge in [-0.1, -0.05) is 29.5 Å². The molecule has 0 aliphatic rings. The average molecular weight is 407 g/mol. The molecular weight excluding hydrogens is 390 g/mol. The Bertz CT molecular complexity index is 1270. The molecule has 0 spiro atoms. The number of benzene rings is 2. The van der Waals surface area contributed by atoms with Crippen molar-refractivity contribution in [1.29, 1.82) is 0 Å². The van der Waals surface area contributed by atoms with E-state index in [0.29, 0.717) is 22.1 Å². The molecule has 29 heavy (non-hydrogen) atoms. The second-order valence-corrected chi connectivity index (χ2v) is 7.51. The van der Waals surface area contributed by atoms with Gasteiger partial charge in [0.25, 0.3) is 5.56 Å². The number of carboxylic acids is 1. The molecule has 1 atom stereocenters. The van der Waals surface area contributed by atoms with Crippen molar-refractivity contribution in [2.24, 2.45) is 10.2 Å². The second kappa shape index (κ2) is 7.44. The summed E-state index contributed by atoms with van der Waals surface area (Å²) >= 11 is 1.43. The van der Waals surface area contributed by atoms with Gasteiger partial charge in [0.2, 0.25) is 5.13 Å². The van der Waals surface area contributed by atoms with E-state index in [-0.39, 0.29) is 11.1 Å². The fraction of sp³-hybridized carbons (Fsp3) is 0.150. The number of azo groups is 1. The molecule has 146 valence electrons. The number of carbonyl (C=O) groups is 1. The van der Waals surface area contributed by atoms with Gasteiger partial charge in [-0.25, -0.2) is 14.5 Å². The number of para-hydroxylation sites is 1. The third-order valence-electron chi connectivity index (χ3n) is 4.49. The molecule has 2 aromatic heterocycles. The largest absolute Gasteiger partial charge is 0.478 e. The van der Waals surface area contributed by atoms with Gasteiger partial charge in [0.1, 0.15) is 6.04 Å². The first-order valence-electron chi connectivity index (χ1n) is 8.85. The maximum atomic E-state index is 12.9. The summed E-state index contributed by atoms with van der Waals surface area (Å²) < 4.78 is 2.34. The number of aromatic carboxylic acids is 1. The van der Waals surface area contributed by atoms with Gasteiger partial charge < -0.3 is 5.11 Å². The minimum atomic E-state index is -1.05. The number of nitrogens with zero attached hydrogens (tertiary/aromatic N) is 4. The predicted molar refractivity (Wildman–Crippen MR) is 111 cm³/mol. The molecule has 0 aliphatic heterocycles. The van der Waals surface area contributed by atoms with E-state index in [4.69, 9.17) is 0 Å². The van der Waals surface area contributed by atoms with Gasteiger partial charge in [0.15, 0.2) is 0 Å². The highest BCUT2D eigenvalue weighted by Crippen LogP contribution is 2.29. The highest BCUT2D eigenvalue weighted by molar-refractivity contribution is 7.21. The Kier molecular flexibility index (Phi) is 4.81. The van der Waals surface area contributed by atoms with Crippen molar-refractivity contribution in [2.45, 2.75) is 19.9 Å². The first kappa shape index (κ1) is 18.8. The van der Waals surface area contributed by atoms with Crippen molar-refractivity contribution in [3.63, 3.8) is 0 Å². The van der Waals surface area contributed by atoms with E-state index in [1.165, 1.54) is 28.2 Å². The van der Waals surface area contributed by atoms with Crippen LogP contribution in [0, 0.1) is 6.92 Å². The lowest BCUT2D eigenvalue weighted by atomic mass is 10.1. The van der Waals surface area contributed by atoms with Crippen LogP contribution in [-0.4, -0.2) is 25.8 Å². The normalized spacial score (nSPS) is 12.6. The number of hydrogen-bond acceptors (Lipinski definition) is 6. The van der Waals surface area contributed by atoms with Gasteiger partial charge in [-0.2, -0.15) is 5.11 Å². The zero-order chi connectivity index (χ0) is 20.5. The number of H-pyrrole nitrogens is 1. The lowest BCUT2D eigenvalue weighted by Gasteiger charge is -2.03. The van der Waals surface area contributed by atoms with Crippen LogP contribution < -0.4 is 5.56 Å². The Morgan fingerprint density at radius 2 is 2.03 bits per heavy atom. The van der Waals surface area contributed by atoms with Crippen LogP contribution in [0.1, 0.15) is 34.6 Å². The Morgan fingerprint density at radius 1 is 1.24 bits per heavy atom. The smallest absolute Gasteiger partial charge is 0.335 e. The fourth-order valence-corrected chi connectivity index (χ4v) is 3.90. The van der Waals surface area contributed by atoms with Gasteiger partial charge in [-0.3, -0.25) is 9.89 Å². The summed E-state index contributed by atoms with van der Waals surface area (Å²) in [5, 5.41) is 21.2. The molecule has 2 aromatic carbocycles. The molecule has 2 N–H and O–H groups in total. The number of aryl methyl sites for hydroxylation is 1. The van der Waals surface area contributed by atoms with E-state index < -0.39 is 12.0 Å². The quantitative estimate of drug-likeness (QED) is 0.470. The Balaban J connectivity index is 1.66. The highest BCUT2D eigenvalue weighted by Gasteiger charge is 2.19. The molecule has 0 bridgehead atoms. The van der Waals surface area contributed by atoms with E-state index in [1.54, 1.807) is 26.0 Å². The number of nitrogens with one attached hydrogen (secondary N) is 1. The first-order valence-corrected chi connectivity index (χ1v) is 9.67. The molecule has 0 saturated heterocycles. The molecule has 9 heteroatoms. The van der Waals surface area contributed by atoms with E-state index >= 15 is 0 Å². The van der Waals surface area contributed by atoms with Crippen molar-refractivity contribution in [1.82, 2.24) is 14.8 Å². The van der Waals surface area contributed by atoms with Crippen LogP contribution in [0.5, 0.6) is 0 Å². The van der Waals surface area contributed by atoms with E-state index in [2.05, 4.69) is 20.3 Å². The van der Waals surface area contributed by atoms with Crippen LogP contribution in [0.4, 0.5) is 5.13 Å². The number of aromatic nitrogens is 3. The average Bonchev–Trinajstić information content (AvgIpc) is 3.26. The summed E-state index contributed by atoms with van der Waals surface area (Å²) in [6.07, 6.45) is 0. The Morgan fingerprint density at radius 3 is 2.79 bits per heavy atom. The minimum absolute atomic E-state index is 0.103. The van der Waals surface area contributed by atoms with E-state index in [9.17, 15) is 14.7 Å². The van der Waals surface area contributed by atoms with Crippen LogP contribution in [0.25, 0.3) is 15.9 Å². The lowest BCUT2D eigenvalue weighted by molar-refractivity contribution is 0.0697. The van der Waals surface area contributed by atoms with Crippen molar-refractivity contribution in [2.75, 3.05) is 0 Å². The molecule has 1 unspecified atom stereocenters. The van der Waals surface area contributed by atoms with Crippen LogP contribution in [0.15, 0.2) is 63.6 Å². The van der Waals surface area contributed by atoms with Gasteiger partial charge >= 0.3 is 5.97 Å². The van der Waals surface area contributed by atoms with E-state index in [1.807, 2.05) is 24.3 Å². The maximum Gasteiger partial charge on any atom is 0.335 e. The summed E-state index contributed by atoms with van der Waals surface area (Å²) in [7, 11) is 0. The van der Waals surface area contributed by atoms with Crippen molar-refractivity contribution < 1.29 is 9.90 Å². The first-order chi connectivity index (χ1) is 13.9. The molecule has 0 amide bonds.